The van der Waals surface area contributed by atoms with Crippen molar-refractivity contribution in [3.63, 3.8) is 0 Å². The Morgan fingerprint density at radius 2 is 1.82 bits per heavy atom. The molecule has 33 heavy (non-hydrogen) atoms. The molecule has 1 aliphatic heterocycles. The summed E-state index contributed by atoms with van der Waals surface area (Å²) in [4.78, 5) is 54.3. The highest BCUT2D eigenvalue weighted by Gasteiger charge is 2.41. The first-order valence-corrected chi connectivity index (χ1v) is 11.5. The number of carbonyl (C=O) groups excluding carboxylic acids is 3. The van der Waals surface area contributed by atoms with E-state index in [0.29, 0.717) is 21.1 Å². The van der Waals surface area contributed by atoms with Crippen LogP contribution in [0.2, 0.25) is 0 Å². The molecule has 162 valence electrons. The fraction of sp³-hybridized carbons (Fsp3) is 0.0435. The van der Waals surface area contributed by atoms with Gasteiger partial charge >= 0.3 is 0 Å². The van der Waals surface area contributed by atoms with Crippen molar-refractivity contribution in [2.75, 3.05) is 10.7 Å². The van der Waals surface area contributed by atoms with Crippen LogP contribution in [0.25, 0.3) is 10.2 Å². The van der Waals surface area contributed by atoms with Gasteiger partial charge in [0.15, 0.2) is 10.1 Å². The number of hydrogen-bond donors (Lipinski definition) is 0. The SMILES string of the molecule is O=C(CSc1nc2ccc(N3C(=O)c4cccc([N+](=O)[O-])c4C3=O)cc2s1)c1ccccc1. The van der Waals surface area contributed by atoms with E-state index in [1.54, 1.807) is 30.3 Å². The molecular formula is C23H13N3O5S2. The minimum absolute atomic E-state index is 0.00633. The molecule has 10 heteroatoms. The van der Waals surface area contributed by atoms with Crippen molar-refractivity contribution in [1.82, 2.24) is 4.98 Å². The summed E-state index contributed by atoms with van der Waals surface area (Å²) in [6.07, 6.45) is 0. The minimum Gasteiger partial charge on any atom is -0.293 e. The molecule has 0 saturated heterocycles. The van der Waals surface area contributed by atoms with E-state index in [2.05, 4.69) is 4.98 Å². The normalized spacial score (nSPS) is 12.9. The molecule has 0 saturated carbocycles. The van der Waals surface area contributed by atoms with Crippen molar-refractivity contribution in [2.45, 2.75) is 4.34 Å². The summed E-state index contributed by atoms with van der Waals surface area (Å²) in [5.41, 5.74) is 1.02. The number of hydrogen-bond acceptors (Lipinski definition) is 8. The molecule has 0 bridgehead atoms. The summed E-state index contributed by atoms with van der Waals surface area (Å²) in [6.45, 7) is 0. The van der Waals surface area contributed by atoms with Crippen LogP contribution in [0.3, 0.4) is 0 Å². The second-order valence-corrected chi connectivity index (χ2v) is 9.37. The quantitative estimate of drug-likeness (QED) is 0.127. The van der Waals surface area contributed by atoms with Crippen molar-refractivity contribution in [2.24, 2.45) is 0 Å². The molecule has 5 rings (SSSR count). The molecule has 4 aromatic rings. The van der Waals surface area contributed by atoms with Crippen LogP contribution in [0.1, 0.15) is 31.1 Å². The lowest BCUT2D eigenvalue weighted by atomic mass is 10.1. The first kappa shape index (κ1) is 21.0. The topological polar surface area (TPSA) is 110 Å². The van der Waals surface area contributed by atoms with Crippen LogP contribution in [0.4, 0.5) is 11.4 Å². The van der Waals surface area contributed by atoms with Gasteiger partial charge in [-0.25, -0.2) is 9.88 Å². The fourth-order valence-corrected chi connectivity index (χ4v) is 5.58. The molecule has 0 aliphatic carbocycles. The zero-order valence-corrected chi connectivity index (χ0v) is 18.4. The van der Waals surface area contributed by atoms with Gasteiger partial charge in [-0.15, -0.1) is 11.3 Å². The van der Waals surface area contributed by atoms with Crippen LogP contribution < -0.4 is 4.90 Å². The van der Waals surface area contributed by atoms with E-state index >= 15 is 0 Å². The lowest BCUT2D eigenvalue weighted by Gasteiger charge is -2.13. The molecule has 0 N–H and O–H groups in total. The van der Waals surface area contributed by atoms with E-state index in [0.717, 1.165) is 9.60 Å². The summed E-state index contributed by atoms with van der Waals surface area (Å²) in [5.74, 6) is -1.10. The largest absolute Gasteiger partial charge is 0.293 e. The number of benzene rings is 3. The zero-order chi connectivity index (χ0) is 23.1. The molecule has 0 atom stereocenters. The number of nitro groups is 1. The molecule has 0 unspecified atom stereocenters. The molecule has 0 fully saturated rings. The maximum absolute atomic E-state index is 12.9. The number of nitrogens with zero attached hydrogens (tertiary/aromatic N) is 3. The highest BCUT2D eigenvalue weighted by atomic mass is 32.2. The van der Waals surface area contributed by atoms with Crippen molar-refractivity contribution >= 4 is 62.3 Å². The summed E-state index contributed by atoms with van der Waals surface area (Å²) < 4.78 is 1.41. The molecule has 0 radical (unpaired) electrons. The number of Topliss-reactive ketones (excluding diaryl/α,β-unsaturated/α-hetero) is 1. The maximum Gasteiger partial charge on any atom is 0.283 e. The molecule has 3 aromatic carbocycles. The Morgan fingerprint density at radius 1 is 1.03 bits per heavy atom. The van der Waals surface area contributed by atoms with Gasteiger partial charge in [-0.2, -0.15) is 0 Å². The third kappa shape index (κ3) is 3.69. The Kier molecular flexibility index (Phi) is 5.23. The second-order valence-electron chi connectivity index (χ2n) is 7.11. The van der Waals surface area contributed by atoms with Gasteiger partial charge in [0.25, 0.3) is 17.5 Å². The number of fused-ring (bicyclic) bond motifs is 2. The van der Waals surface area contributed by atoms with Crippen LogP contribution >= 0.6 is 23.1 Å². The molecule has 2 amide bonds. The summed E-state index contributed by atoms with van der Waals surface area (Å²) in [7, 11) is 0. The van der Waals surface area contributed by atoms with E-state index in [-0.39, 0.29) is 22.7 Å². The molecule has 1 aliphatic rings. The fourth-order valence-electron chi connectivity index (χ4n) is 3.58. The van der Waals surface area contributed by atoms with Gasteiger partial charge in [0, 0.05) is 11.6 Å². The number of imide groups is 1. The summed E-state index contributed by atoms with van der Waals surface area (Å²) in [6, 6.07) is 17.9. The first-order valence-electron chi connectivity index (χ1n) is 9.72. The molecule has 0 spiro atoms. The standard InChI is InChI=1S/C23H13N3O5S2/c27-18(13-5-2-1-3-6-13)12-32-23-24-16-10-9-14(11-19(16)33-23)25-21(28)15-7-4-8-17(26(30)31)20(15)22(25)29/h1-11H,12H2. The zero-order valence-electron chi connectivity index (χ0n) is 16.8. The maximum atomic E-state index is 12.9. The number of thioether (sulfide) groups is 1. The van der Waals surface area contributed by atoms with Crippen molar-refractivity contribution in [3.05, 3.63) is 93.5 Å². The van der Waals surface area contributed by atoms with Gasteiger partial charge in [-0.05, 0) is 24.3 Å². The predicted octanol–water partition coefficient (Wildman–Crippen LogP) is 4.98. The predicted molar refractivity (Wildman–Crippen MR) is 125 cm³/mol. The van der Waals surface area contributed by atoms with Crippen molar-refractivity contribution in [3.8, 4) is 0 Å². The average Bonchev–Trinajstić information content (AvgIpc) is 3.35. The minimum atomic E-state index is -0.728. The number of aromatic nitrogens is 1. The van der Waals surface area contributed by atoms with Crippen LogP contribution in [0.15, 0.2) is 71.1 Å². The van der Waals surface area contributed by atoms with E-state index < -0.39 is 22.4 Å². The molecule has 8 nitrogen and oxygen atoms in total. The Balaban J connectivity index is 1.41. The van der Waals surface area contributed by atoms with Gasteiger partial charge < -0.3 is 0 Å². The number of amides is 2. The number of carbonyl (C=O) groups is 3. The first-order chi connectivity index (χ1) is 15.9. The molecule has 1 aromatic heterocycles. The highest BCUT2D eigenvalue weighted by molar-refractivity contribution is 8.01. The molecule has 2 heterocycles. The van der Waals surface area contributed by atoms with Crippen LogP contribution in [0, 0.1) is 10.1 Å². The Bertz CT molecular complexity index is 1470. The number of ketones is 1. The van der Waals surface area contributed by atoms with Crippen molar-refractivity contribution in [1.29, 1.82) is 0 Å². The average molecular weight is 476 g/mol. The third-order valence-corrected chi connectivity index (χ3v) is 7.28. The Hall–Kier alpha value is -3.89. The number of anilines is 1. The van der Waals surface area contributed by atoms with Crippen molar-refractivity contribution < 1.29 is 19.3 Å². The van der Waals surface area contributed by atoms with E-state index in [9.17, 15) is 24.5 Å². The number of rotatable bonds is 6. The number of nitro benzene ring substituents is 1. The smallest absolute Gasteiger partial charge is 0.283 e. The monoisotopic (exact) mass is 475 g/mol. The lowest BCUT2D eigenvalue weighted by Crippen LogP contribution is -2.29. The van der Waals surface area contributed by atoms with E-state index in [4.69, 9.17) is 0 Å². The van der Waals surface area contributed by atoms with Gasteiger partial charge in [-0.1, -0.05) is 48.2 Å². The summed E-state index contributed by atoms with van der Waals surface area (Å²) >= 11 is 2.66. The lowest BCUT2D eigenvalue weighted by molar-refractivity contribution is -0.385. The third-order valence-electron chi connectivity index (χ3n) is 5.12. The van der Waals surface area contributed by atoms with Crippen LogP contribution in [0.5, 0.6) is 0 Å². The summed E-state index contributed by atoms with van der Waals surface area (Å²) in [5, 5.41) is 11.3. The van der Waals surface area contributed by atoms with Gasteiger partial charge in [0.1, 0.15) is 5.56 Å². The van der Waals surface area contributed by atoms with Gasteiger partial charge in [0.2, 0.25) is 0 Å². The van der Waals surface area contributed by atoms with Crippen LogP contribution in [-0.4, -0.2) is 33.3 Å². The second kappa shape index (κ2) is 8.23. The van der Waals surface area contributed by atoms with E-state index in [1.807, 2.05) is 18.2 Å². The molecular weight excluding hydrogens is 462 g/mol. The highest BCUT2D eigenvalue weighted by Crippen LogP contribution is 2.37. The van der Waals surface area contributed by atoms with Crippen LogP contribution in [-0.2, 0) is 0 Å². The Morgan fingerprint density at radius 3 is 2.58 bits per heavy atom. The Labute approximate surface area is 195 Å². The van der Waals surface area contributed by atoms with Gasteiger partial charge in [-0.3, -0.25) is 24.5 Å². The van der Waals surface area contributed by atoms with Gasteiger partial charge in [0.05, 0.1) is 32.1 Å². The van der Waals surface area contributed by atoms with E-state index in [1.165, 1.54) is 41.3 Å². The number of thiazole rings is 1.